The van der Waals surface area contributed by atoms with Crippen LogP contribution >= 0.6 is 21.6 Å². The lowest BCUT2D eigenvalue weighted by Gasteiger charge is -2.09. The Morgan fingerprint density at radius 1 is 1.37 bits per heavy atom. The molecule has 106 valence electrons. The van der Waals surface area contributed by atoms with Crippen molar-refractivity contribution in [3.63, 3.8) is 0 Å². The third-order valence-corrected chi connectivity index (χ3v) is 6.09. The molecule has 1 N–H and O–H groups in total. The van der Waals surface area contributed by atoms with Gasteiger partial charge in [0.25, 0.3) is 5.91 Å². The molecule has 0 aromatic rings. The standard InChI is InChI=1S/C12H17NO4S2/c14-10-7-9(12(16)13-10)17-11(15)4-2-1-3-8-5-6-18-19-8/h8-9H,1-7H2,(H,13,14,16). The molecule has 5 nitrogen and oxygen atoms in total. The number of carbonyl (C=O) groups is 3. The average molecular weight is 303 g/mol. The number of hydrogen-bond acceptors (Lipinski definition) is 6. The van der Waals surface area contributed by atoms with Gasteiger partial charge in [-0.2, -0.15) is 0 Å². The van der Waals surface area contributed by atoms with Crippen molar-refractivity contribution in [2.24, 2.45) is 0 Å². The summed E-state index contributed by atoms with van der Waals surface area (Å²) in [7, 11) is 3.85. The summed E-state index contributed by atoms with van der Waals surface area (Å²) in [5.74, 6) is -0.0399. The number of carbonyl (C=O) groups excluding carboxylic acids is 3. The largest absolute Gasteiger partial charge is 0.452 e. The lowest BCUT2D eigenvalue weighted by molar-refractivity contribution is -0.154. The van der Waals surface area contributed by atoms with Crippen LogP contribution in [0.25, 0.3) is 0 Å². The van der Waals surface area contributed by atoms with Crippen molar-refractivity contribution < 1.29 is 19.1 Å². The van der Waals surface area contributed by atoms with Gasteiger partial charge in [0.2, 0.25) is 5.91 Å². The maximum absolute atomic E-state index is 11.5. The fraction of sp³-hybridized carbons (Fsp3) is 0.750. The van der Waals surface area contributed by atoms with Crippen molar-refractivity contribution in [2.45, 2.75) is 49.9 Å². The zero-order chi connectivity index (χ0) is 13.7. The zero-order valence-corrected chi connectivity index (χ0v) is 12.2. The van der Waals surface area contributed by atoms with Gasteiger partial charge in [0.15, 0.2) is 6.10 Å². The number of amides is 2. The Hall–Kier alpha value is -0.690. The molecule has 2 atom stereocenters. The lowest BCUT2D eigenvalue weighted by atomic mass is 10.1. The summed E-state index contributed by atoms with van der Waals surface area (Å²) in [4.78, 5) is 33.7. The van der Waals surface area contributed by atoms with Crippen LogP contribution in [0, 0.1) is 0 Å². The summed E-state index contributed by atoms with van der Waals surface area (Å²) in [6, 6.07) is 0. The molecule has 0 bridgehead atoms. The van der Waals surface area contributed by atoms with Crippen molar-refractivity contribution in [3.05, 3.63) is 0 Å². The summed E-state index contributed by atoms with van der Waals surface area (Å²) >= 11 is 0. The van der Waals surface area contributed by atoms with Crippen LogP contribution in [0.4, 0.5) is 0 Å². The first-order chi connectivity index (χ1) is 9.15. The predicted molar refractivity (Wildman–Crippen MR) is 74.6 cm³/mol. The molecule has 7 heteroatoms. The van der Waals surface area contributed by atoms with E-state index in [0.717, 1.165) is 24.5 Å². The van der Waals surface area contributed by atoms with Crippen molar-refractivity contribution in [2.75, 3.05) is 5.75 Å². The molecule has 0 aromatic carbocycles. The van der Waals surface area contributed by atoms with E-state index in [2.05, 4.69) is 5.32 Å². The lowest BCUT2D eigenvalue weighted by Crippen LogP contribution is -2.28. The van der Waals surface area contributed by atoms with Gasteiger partial charge in [-0.1, -0.05) is 28.0 Å². The Kier molecular flexibility index (Phi) is 5.57. The highest BCUT2D eigenvalue weighted by molar-refractivity contribution is 8.77. The van der Waals surface area contributed by atoms with Gasteiger partial charge >= 0.3 is 5.97 Å². The van der Waals surface area contributed by atoms with E-state index in [1.54, 1.807) is 0 Å². The van der Waals surface area contributed by atoms with Crippen molar-refractivity contribution in [3.8, 4) is 0 Å². The van der Waals surface area contributed by atoms with Gasteiger partial charge in [-0.05, 0) is 19.3 Å². The summed E-state index contributed by atoms with van der Waals surface area (Å²) in [6.45, 7) is 0. The number of nitrogens with one attached hydrogen (secondary N) is 1. The molecule has 0 aliphatic carbocycles. The van der Waals surface area contributed by atoms with Gasteiger partial charge in [0.05, 0.1) is 6.42 Å². The Bertz CT molecular complexity index is 369. The minimum atomic E-state index is -0.915. The molecule has 2 amide bonds. The van der Waals surface area contributed by atoms with Gasteiger partial charge in [0.1, 0.15) is 0 Å². The monoisotopic (exact) mass is 303 g/mol. The highest BCUT2D eigenvalue weighted by Gasteiger charge is 2.33. The molecule has 2 aliphatic heterocycles. The first kappa shape index (κ1) is 14.7. The van der Waals surface area contributed by atoms with E-state index >= 15 is 0 Å². The number of unbranched alkanes of at least 4 members (excludes halogenated alkanes) is 1. The second-order valence-electron chi connectivity index (χ2n) is 4.67. The topological polar surface area (TPSA) is 72.5 Å². The van der Waals surface area contributed by atoms with E-state index in [9.17, 15) is 14.4 Å². The van der Waals surface area contributed by atoms with Gasteiger partial charge < -0.3 is 4.74 Å². The smallest absolute Gasteiger partial charge is 0.306 e. The van der Waals surface area contributed by atoms with E-state index in [1.807, 2.05) is 21.6 Å². The molecule has 0 saturated carbocycles. The molecule has 2 rings (SSSR count). The number of rotatable bonds is 6. The van der Waals surface area contributed by atoms with Crippen LogP contribution in [0.2, 0.25) is 0 Å². The van der Waals surface area contributed by atoms with Crippen LogP contribution < -0.4 is 5.32 Å². The van der Waals surface area contributed by atoms with Crippen molar-refractivity contribution in [1.29, 1.82) is 0 Å². The maximum atomic E-state index is 11.5. The fourth-order valence-electron chi connectivity index (χ4n) is 2.05. The Labute approximate surface area is 120 Å². The minimum Gasteiger partial charge on any atom is -0.452 e. The number of ether oxygens (including phenoxy) is 1. The molecule has 2 heterocycles. The van der Waals surface area contributed by atoms with Crippen molar-refractivity contribution in [1.82, 2.24) is 5.32 Å². The molecular weight excluding hydrogens is 286 g/mol. The fourth-order valence-corrected chi connectivity index (χ4v) is 5.08. The number of imide groups is 1. The van der Waals surface area contributed by atoms with Crippen LogP contribution in [-0.4, -0.2) is 34.9 Å². The van der Waals surface area contributed by atoms with E-state index in [0.29, 0.717) is 6.42 Å². The molecule has 2 saturated heterocycles. The molecular formula is C12H17NO4S2. The molecule has 0 spiro atoms. The van der Waals surface area contributed by atoms with Gasteiger partial charge in [-0.3, -0.25) is 19.7 Å². The Morgan fingerprint density at radius 2 is 2.21 bits per heavy atom. The third-order valence-electron chi connectivity index (χ3n) is 3.08. The molecule has 19 heavy (non-hydrogen) atoms. The molecule has 2 aliphatic rings. The van der Waals surface area contributed by atoms with E-state index < -0.39 is 12.0 Å². The normalized spacial score (nSPS) is 26.5. The van der Waals surface area contributed by atoms with Gasteiger partial charge in [-0.25, -0.2) is 0 Å². The summed E-state index contributed by atoms with van der Waals surface area (Å²) in [5.41, 5.74) is 0. The maximum Gasteiger partial charge on any atom is 0.306 e. The van der Waals surface area contributed by atoms with Crippen LogP contribution in [-0.2, 0) is 19.1 Å². The quantitative estimate of drug-likeness (QED) is 0.348. The van der Waals surface area contributed by atoms with E-state index in [1.165, 1.54) is 12.2 Å². The number of esters is 1. The first-order valence-electron chi connectivity index (χ1n) is 6.46. The third kappa shape index (κ3) is 4.72. The zero-order valence-electron chi connectivity index (χ0n) is 10.6. The Balaban J connectivity index is 1.56. The highest BCUT2D eigenvalue weighted by Crippen LogP contribution is 2.39. The second-order valence-corrected chi connectivity index (χ2v) is 7.46. The van der Waals surface area contributed by atoms with Gasteiger partial charge in [0, 0.05) is 17.4 Å². The molecule has 0 radical (unpaired) electrons. The van der Waals surface area contributed by atoms with Crippen LogP contribution in [0.3, 0.4) is 0 Å². The summed E-state index contributed by atoms with van der Waals surface area (Å²) < 4.78 is 4.98. The average Bonchev–Trinajstić information content (AvgIpc) is 2.96. The minimum absolute atomic E-state index is 0.0412. The predicted octanol–water partition coefficient (Wildman–Crippen LogP) is 1.66. The summed E-state index contributed by atoms with van der Waals surface area (Å²) in [6.07, 6.45) is 3.54. The SMILES string of the molecule is O=C1CC(OC(=O)CCCCC2CCSS2)C(=O)N1. The number of hydrogen-bond donors (Lipinski definition) is 1. The first-order valence-corrected chi connectivity index (χ1v) is 8.85. The second kappa shape index (κ2) is 7.19. The molecule has 0 aromatic heterocycles. The van der Waals surface area contributed by atoms with E-state index in [-0.39, 0.29) is 18.3 Å². The molecule has 2 unspecified atom stereocenters. The molecule has 2 fully saturated rings. The van der Waals surface area contributed by atoms with Gasteiger partial charge in [-0.15, -0.1) is 0 Å². The van der Waals surface area contributed by atoms with Crippen LogP contribution in [0.5, 0.6) is 0 Å². The van der Waals surface area contributed by atoms with E-state index in [4.69, 9.17) is 4.74 Å². The van der Waals surface area contributed by atoms with Crippen molar-refractivity contribution >= 4 is 39.4 Å². The highest BCUT2D eigenvalue weighted by atomic mass is 33.1. The van der Waals surface area contributed by atoms with Crippen LogP contribution in [0.15, 0.2) is 0 Å². The summed E-state index contributed by atoms with van der Waals surface area (Å²) in [5, 5.41) is 2.84. The Morgan fingerprint density at radius 3 is 2.84 bits per heavy atom. The van der Waals surface area contributed by atoms with Crippen LogP contribution in [0.1, 0.15) is 38.5 Å².